The van der Waals surface area contributed by atoms with Crippen LogP contribution in [0.1, 0.15) is 68.0 Å². The van der Waals surface area contributed by atoms with Gasteiger partial charge in [-0.2, -0.15) is 5.10 Å². The predicted octanol–water partition coefficient (Wildman–Crippen LogP) is 8.29. The number of halogens is 6. The van der Waals surface area contributed by atoms with Crippen LogP contribution in [0.3, 0.4) is 0 Å². The van der Waals surface area contributed by atoms with Crippen LogP contribution in [0, 0.1) is 23.3 Å². The Kier molecular flexibility index (Phi) is 13.0. The molecule has 8 rings (SSSR count). The van der Waals surface area contributed by atoms with E-state index in [1.54, 1.807) is 26.6 Å². The van der Waals surface area contributed by atoms with Crippen molar-refractivity contribution in [3.8, 4) is 0 Å². The van der Waals surface area contributed by atoms with Gasteiger partial charge in [0.05, 0.1) is 68.1 Å². The molecule has 0 amide bonds. The maximum atomic E-state index is 14.7. The van der Waals surface area contributed by atoms with Crippen molar-refractivity contribution in [2.75, 3.05) is 38.8 Å². The van der Waals surface area contributed by atoms with Crippen LogP contribution in [-0.4, -0.2) is 96.8 Å². The summed E-state index contributed by atoms with van der Waals surface area (Å²) in [4.78, 5) is 40.2. The summed E-state index contributed by atoms with van der Waals surface area (Å²) in [7, 11) is 1.24. The molecule has 5 aromatic rings. The van der Waals surface area contributed by atoms with Gasteiger partial charge in [0.2, 0.25) is 0 Å². The molecule has 0 bridgehead atoms. The number of alkyl halides is 2. The summed E-state index contributed by atoms with van der Waals surface area (Å²) in [5.41, 5.74) is 2.23. The quantitative estimate of drug-likeness (QED) is 0.0586. The minimum absolute atomic E-state index is 0.00133. The number of esters is 2. The fraction of sp³-hybridized carbons (Fsp3) is 0.395. The first kappa shape index (κ1) is 44.2. The largest absolute Gasteiger partial charge is 0.465 e. The average molecular weight is 882 g/mol. The van der Waals surface area contributed by atoms with Gasteiger partial charge in [-0.3, -0.25) is 9.98 Å². The lowest BCUT2D eigenvalue weighted by molar-refractivity contribution is 0.0591. The van der Waals surface area contributed by atoms with Gasteiger partial charge in [0.15, 0.2) is 11.5 Å². The third kappa shape index (κ3) is 9.47. The highest BCUT2D eigenvalue weighted by molar-refractivity contribution is 6.76. The first-order chi connectivity index (χ1) is 29.5. The number of benzene rings is 2. The van der Waals surface area contributed by atoms with Gasteiger partial charge in [-0.05, 0) is 54.6 Å². The predicted molar refractivity (Wildman–Crippen MR) is 220 cm³/mol. The van der Waals surface area contributed by atoms with Crippen LogP contribution in [0.5, 0.6) is 0 Å². The topological polar surface area (TPSA) is 124 Å². The van der Waals surface area contributed by atoms with Gasteiger partial charge in [-0.25, -0.2) is 45.6 Å². The molecule has 3 aliphatic heterocycles. The molecule has 2 saturated heterocycles. The molecule has 19 heteroatoms. The molecule has 0 spiro atoms. The van der Waals surface area contributed by atoms with Crippen molar-refractivity contribution in [1.82, 2.24) is 24.6 Å². The second kappa shape index (κ2) is 18.3. The van der Waals surface area contributed by atoms with E-state index in [0.717, 1.165) is 42.4 Å². The Bertz CT molecular complexity index is 2520. The molecule has 3 aromatic heterocycles. The number of nitrogens with zero attached hydrogens (tertiary/aromatic N) is 7. The number of carbonyl (C=O) groups is 2. The highest BCUT2D eigenvalue weighted by Gasteiger charge is 2.40. The summed E-state index contributed by atoms with van der Waals surface area (Å²) >= 11 is 0. The van der Waals surface area contributed by atoms with Gasteiger partial charge < -0.3 is 24.0 Å². The van der Waals surface area contributed by atoms with E-state index in [-0.39, 0.29) is 61.5 Å². The fourth-order valence-electron chi connectivity index (χ4n) is 7.79. The zero-order valence-corrected chi connectivity index (χ0v) is 35.7. The third-order valence-electron chi connectivity index (χ3n) is 10.9. The Hall–Kier alpha value is -5.82. The minimum Gasteiger partial charge on any atom is -0.465 e. The van der Waals surface area contributed by atoms with Gasteiger partial charge in [-0.15, -0.1) is 0 Å². The van der Waals surface area contributed by atoms with Gasteiger partial charge in [0.1, 0.15) is 48.2 Å². The van der Waals surface area contributed by atoms with Gasteiger partial charge in [-0.1, -0.05) is 19.6 Å². The summed E-state index contributed by atoms with van der Waals surface area (Å²) in [6.07, 6.45) is 0.303. The van der Waals surface area contributed by atoms with Crippen molar-refractivity contribution in [2.24, 2.45) is 4.99 Å². The van der Waals surface area contributed by atoms with Crippen molar-refractivity contribution in [2.45, 2.75) is 76.2 Å². The van der Waals surface area contributed by atoms with Crippen LogP contribution in [0.4, 0.5) is 32.2 Å². The monoisotopic (exact) mass is 881 g/mol. The lowest BCUT2D eigenvalue weighted by Gasteiger charge is -2.27. The number of carbonyl (C=O) groups excluding carboxylic acids is 2. The molecule has 62 heavy (non-hydrogen) atoms. The Morgan fingerprint density at radius 3 is 1.94 bits per heavy atom. The normalized spacial score (nSPS) is 19.6. The van der Waals surface area contributed by atoms with Gasteiger partial charge in [0, 0.05) is 56.6 Å². The smallest absolute Gasteiger partial charge is 0.339 e. The number of aliphatic imine (C=N–C) groups is 1. The first-order valence-electron chi connectivity index (χ1n) is 19.9. The van der Waals surface area contributed by atoms with Crippen LogP contribution < -0.4 is 4.90 Å². The van der Waals surface area contributed by atoms with E-state index in [9.17, 15) is 35.9 Å². The molecule has 2 fully saturated rings. The summed E-state index contributed by atoms with van der Waals surface area (Å²) in [5, 5.41) is 5.10. The SMILES string of the molecule is COC(=O)c1cnc2c(c1)C(N1C[C@@H](F)C[C@@H]1c1cc(F)ccc1F)=NC2.COC(=O)c1cnc2c(c1)c(N1C[C@@H](F)C[C@@H]1c1cc(F)ccc1F)nn2COCC[Si](C)(C)C. The summed E-state index contributed by atoms with van der Waals surface area (Å²) in [5.74, 6) is -2.79. The van der Waals surface area contributed by atoms with Crippen molar-refractivity contribution in [3.05, 3.63) is 118 Å². The maximum Gasteiger partial charge on any atom is 0.339 e. The number of aromatic nitrogens is 4. The zero-order chi connectivity index (χ0) is 44.5. The molecule has 0 unspecified atom stereocenters. The number of pyridine rings is 2. The Morgan fingerprint density at radius 1 is 0.774 bits per heavy atom. The number of likely N-dealkylation sites (tertiary alicyclic amines) is 1. The van der Waals surface area contributed by atoms with E-state index in [4.69, 9.17) is 14.2 Å². The van der Waals surface area contributed by atoms with Crippen LogP contribution in [0.25, 0.3) is 11.0 Å². The number of rotatable bonds is 10. The second-order valence-corrected chi connectivity index (χ2v) is 22.1. The molecule has 328 valence electrons. The van der Waals surface area contributed by atoms with Crippen molar-refractivity contribution in [1.29, 1.82) is 0 Å². The average Bonchev–Trinajstić information content (AvgIpc) is 4.03. The Labute approximate surface area is 354 Å². The van der Waals surface area contributed by atoms with Crippen molar-refractivity contribution in [3.63, 3.8) is 0 Å². The fourth-order valence-corrected chi connectivity index (χ4v) is 8.55. The molecule has 0 aliphatic carbocycles. The highest BCUT2D eigenvalue weighted by Crippen LogP contribution is 2.41. The minimum atomic E-state index is -1.29. The lowest BCUT2D eigenvalue weighted by atomic mass is 10.0. The number of methoxy groups -OCH3 is 2. The highest BCUT2D eigenvalue weighted by atomic mass is 28.3. The van der Waals surface area contributed by atoms with E-state index in [0.29, 0.717) is 40.6 Å². The van der Waals surface area contributed by atoms with E-state index in [1.807, 2.05) is 0 Å². The van der Waals surface area contributed by atoms with E-state index in [2.05, 4.69) is 39.7 Å². The number of anilines is 1. The molecule has 0 radical (unpaired) electrons. The standard InChI is InChI=1S/C24H29F3N4O3Si.C19H16F3N3O2/c1-33-24(32)15-9-19-22(28-12-15)31(14-34-7-8-35(2,3)4)29-23(19)30-13-17(26)11-21(30)18-10-16(25)5-6-20(18)27;1-27-19(26)10-4-14-16(23-7-10)8-24-18(14)25-9-12(21)6-17(25)13-5-11(20)2-3-15(13)22/h5-6,9-10,12,17,21H,7-8,11,13-14H2,1-4H3;2-5,7,12,17H,6,8-9H2,1H3/t17-,21+;12-,17+/m00/s1. The number of fused-ring (bicyclic) bond motifs is 2. The maximum absolute atomic E-state index is 14.7. The van der Waals surface area contributed by atoms with Gasteiger partial charge in [0.25, 0.3) is 0 Å². The van der Waals surface area contributed by atoms with Gasteiger partial charge >= 0.3 is 11.9 Å². The van der Waals surface area contributed by atoms with Crippen molar-refractivity contribution < 1.29 is 50.1 Å². The molecule has 3 aliphatic rings. The first-order valence-corrected chi connectivity index (χ1v) is 23.6. The van der Waals surface area contributed by atoms with Crippen LogP contribution in [0.2, 0.25) is 25.7 Å². The Balaban J connectivity index is 0.000000192. The molecule has 2 aromatic carbocycles. The lowest BCUT2D eigenvalue weighted by Crippen LogP contribution is -2.32. The third-order valence-corrected chi connectivity index (χ3v) is 12.6. The molecular formula is C43H45F6N7O5Si. The molecular weight excluding hydrogens is 837 g/mol. The van der Waals surface area contributed by atoms with Crippen LogP contribution >= 0.6 is 0 Å². The number of hydrogen-bond acceptors (Lipinski definition) is 11. The zero-order valence-electron chi connectivity index (χ0n) is 34.7. The summed E-state index contributed by atoms with van der Waals surface area (Å²) in [6.45, 7) is 7.63. The number of amidine groups is 1. The summed E-state index contributed by atoms with van der Waals surface area (Å²) < 4.78 is 102. The summed E-state index contributed by atoms with van der Waals surface area (Å²) in [6, 6.07) is 8.96. The van der Waals surface area contributed by atoms with Crippen LogP contribution in [-0.2, 0) is 27.5 Å². The number of hydrogen-bond donors (Lipinski definition) is 0. The van der Waals surface area contributed by atoms with E-state index < -0.39 is 67.7 Å². The molecule has 6 heterocycles. The molecule has 4 atom stereocenters. The van der Waals surface area contributed by atoms with E-state index in [1.165, 1.54) is 26.6 Å². The Morgan fingerprint density at radius 2 is 1.34 bits per heavy atom. The van der Waals surface area contributed by atoms with Crippen LogP contribution in [0.15, 0.2) is 65.9 Å². The second-order valence-electron chi connectivity index (χ2n) is 16.4. The number of ether oxygens (including phenoxy) is 3. The van der Waals surface area contributed by atoms with Crippen molar-refractivity contribution >= 4 is 42.7 Å². The van der Waals surface area contributed by atoms with E-state index >= 15 is 0 Å². The molecule has 0 N–H and O–H groups in total. The molecule has 0 saturated carbocycles. The molecule has 12 nitrogen and oxygen atoms in total.